The molecule has 0 unspecified atom stereocenters. The number of aryl methyl sites for hydroxylation is 1. The molecule has 0 atom stereocenters. The molecule has 2 aromatic heterocycles. The Morgan fingerprint density at radius 2 is 1.83 bits per heavy atom. The molecule has 36 heavy (non-hydrogen) atoms. The van der Waals surface area contributed by atoms with Gasteiger partial charge in [-0.3, -0.25) is 9.59 Å². The van der Waals surface area contributed by atoms with Gasteiger partial charge in [0.2, 0.25) is 5.91 Å². The van der Waals surface area contributed by atoms with Gasteiger partial charge < -0.3 is 9.88 Å². The minimum Gasteiger partial charge on any atom is -0.335 e. The average Bonchev–Trinajstić information content (AvgIpc) is 3.12. The van der Waals surface area contributed by atoms with Crippen molar-refractivity contribution in [3.05, 3.63) is 104 Å². The van der Waals surface area contributed by atoms with Gasteiger partial charge in [0.05, 0.1) is 22.8 Å². The lowest BCUT2D eigenvalue weighted by Crippen LogP contribution is -2.21. The predicted octanol–water partition coefficient (Wildman–Crippen LogP) is 5.39. The maximum absolute atomic E-state index is 14.0. The predicted molar refractivity (Wildman–Crippen MR) is 143 cm³/mol. The van der Waals surface area contributed by atoms with Crippen LogP contribution in [0, 0.1) is 19.7 Å². The molecular formula is C27H21BrFN5O2. The van der Waals surface area contributed by atoms with Gasteiger partial charge in [-0.2, -0.15) is 9.78 Å². The lowest BCUT2D eigenvalue weighted by Gasteiger charge is -2.10. The second-order valence-corrected chi connectivity index (χ2v) is 9.23. The van der Waals surface area contributed by atoms with Gasteiger partial charge in [-0.25, -0.2) is 9.37 Å². The molecule has 1 amide bonds. The first kappa shape index (κ1) is 23.6. The molecule has 0 aliphatic rings. The zero-order chi connectivity index (χ0) is 25.4. The van der Waals surface area contributed by atoms with Gasteiger partial charge in [-0.1, -0.05) is 46.3 Å². The number of halogens is 2. The summed E-state index contributed by atoms with van der Waals surface area (Å²) >= 11 is 3.40. The highest BCUT2D eigenvalue weighted by atomic mass is 79.9. The first-order chi connectivity index (χ1) is 17.3. The third-order valence-corrected chi connectivity index (χ3v) is 6.50. The van der Waals surface area contributed by atoms with Crippen LogP contribution in [0.3, 0.4) is 0 Å². The Labute approximate surface area is 214 Å². The molecule has 3 aromatic carbocycles. The van der Waals surface area contributed by atoms with Gasteiger partial charge in [0.15, 0.2) is 0 Å². The summed E-state index contributed by atoms with van der Waals surface area (Å²) in [7, 11) is 0. The van der Waals surface area contributed by atoms with Crippen molar-refractivity contribution in [1.29, 1.82) is 0 Å². The fourth-order valence-electron chi connectivity index (χ4n) is 4.23. The molecule has 1 N–H and O–H groups in total. The summed E-state index contributed by atoms with van der Waals surface area (Å²) in [6, 6.07) is 19.0. The molecular weight excluding hydrogens is 525 g/mol. The monoisotopic (exact) mass is 545 g/mol. The number of carbonyl (C=O) groups excluding carboxylic acids is 1. The molecule has 5 aromatic rings. The fraction of sp³-hybridized carbons (Fsp3) is 0.111. The van der Waals surface area contributed by atoms with Gasteiger partial charge in [0.25, 0.3) is 5.56 Å². The third kappa shape index (κ3) is 4.33. The standard InChI is InChI=1S/C27H21BrFN5O2/c1-16-21(14-30-34-17(2)31-23-12-11-18(28)13-20(23)27(34)36)19-7-3-6-10-25(19)33(16)15-26(35)32-24-9-5-4-8-22(24)29/h3-14H,15H2,1-2H3,(H,32,35). The number of fused-ring (bicyclic) bond motifs is 2. The highest BCUT2D eigenvalue weighted by molar-refractivity contribution is 9.10. The number of carbonyl (C=O) groups is 1. The van der Waals surface area contributed by atoms with Crippen molar-refractivity contribution < 1.29 is 9.18 Å². The van der Waals surface area contributed by atoms with E-state index in [0.29, 0.717) is 16.7 Å². The molecule has 7 nitrogen and oxygen atoms in total. The highest BCUT2D eigenvalue weighted by Gasteiger charge is 2.16. The lowest BCUT2D eigenvalue weighted by atomic mass is 10.1. The zero-order valence-electron chi connectivity index (χ0n) is 19.5. The van der Waals surface area contributed by atoms with Gasteiger partial charge >= 0.3 is 0 Å². The summed E-state index contributed by atoms with van der Waals surface area (Å²) in [5.41, 5.74) is 2.82. The largest absolute Gasteiger partial charge is 0.335 e. The number of nitrogens with one attached hydrogen (secondary N) is 1. The number of nitrogens with zero attached hydrogens (tertiary/aromatic N) is 4. The smallest absolute Gasteiger partial charge is 0.282 e. The maximum Gasteiger partial charge on any atom is 0.282 e. The number of aromatic nitrogens is 3. The first-order valence-corrected chi connectivity index (χ1v) is 12.0. The Morgan fingerprint density at radius 3 is 2.64 bits per heavy atom. The van der Waals surface area contributed by atoms with E-state index in [-0.39, 0.29) is 23.7 Å². The topological polar surface area (TPSA) is 81.3 Å². The summed E-state index contributed by atoms with van der Waals surface area (Å²) < 4.78 is 17.9. The Hall–Kier alpha value is -4.11. The molecule has 0 radical (unpaired) electrons. The number of benzene rings is 3. The Morgan fingerprint density at radius 1 is 1.08 bits per heavy atom. The Balaban J connectivity index is 1.54. The van der Waals surface area contributed by atoms with Gasteiger partial charge in [-0.15, -0.1) is 0 Å². The Bertz CT molecular complexity index is 1740. The number of hydrogen-bond donors (Lipinski definition) is 1. The van der Waals surface area contributed by atoms with Crippen molar-refractivity contribution in [2.45, 2.75) is 20.4 Å². The van der Waals surface area contributed by atoms with E-state index in [1.807, 2.05) is 41.8 Å². The third-order valence-electron chi connectivity index (χ3n) is 6.00. The van der Waals surface area contributed by atoms with Crippen LogP contribution in [-0.2, 0) is 11.3 Å². The van der Waals surface area contributed by atoms with Crippen LogP contribution in [0.1, 0.15) is 17.1 Å². The lowest BCUT2D eigenvalue weighted by molar-refractivity contribution is -0.116. The maximum atomic E-state index is 14.0. The molecule has 0 saturated carbocycles. The number of rotatable bonds is 5. The van der Waals surface area contributed by atoms with Crippen LogP contribution in [0.4, 0.5) is 10.1 Å². The van der Waals surface area contributed by atoms with E-state index in [1.54, 1.807) is 37.4 Å². The molecule has 9 heteroatoms. The van der Waals surface area contributed by atoms with Crippen molar-refractivity contribution in [1.82, 2.24) is 14.2 Å². The van der Waals surface area contributed by atoms with Gasteiger partial charge in [0, 0.05) is 26.6 Å². The summed E-state index contributed by atoms with van der Waals surface area (Å²) in [5.74, 6) is -0.398. The van der Waals surface area contributed by atoms with Crippen molar-refractivity contribution >= 4 is 55.5 Å². The van der Waals surface area contributed by atoms with Crippen LogP contribution < -0.4 is 10.9 Å². The minimum absolute atomic E-state index is 0.0148. The van der Waals surface area contributed by atoms with Crippen molar-refractivity contribution in [2.75, 3.05) is 5.32 Å². The SMILES string of the molecule is Cc1nc2ccc(Br)cc2c(=O)n1N=Cc1c(C)n(CC(=O)Nc2ccccc2F)c2ccccc12. The van der Waals surface area contributed by atoms with Crippen molar-refractivity contribution in [2.24, 2.45) is 5.10 Å². The summed E-state index contributed by atoms with van der Waals surface area (Å²) in [6.45, 7) is 3.59. The van der Waals surface area contributed by atoms with E-state index >= 15 is 0 Å². The highest BCUT2D eigenvalue weighted by Crippen LogP contribution is 2.25. The van der Waals surface area contributed by atoms with Gasteiger partial charge in [-0.05, 0) is 50.2 Å². The van der Waals surface area contributed by atoms with E-state index in [0.717, 1.165) is 26.6 Å². The molecule has 0 spiro atoms. The fourth-order valence-corrected chi connectivity index (χ4v) is 4.59. The van der Waals surface area contributed by atoms with Crippen molar-refractivity contribution in [3.63, 3.8) is 0 Å². The van der Waals surface area contributed by atoms with E-state index in [4.69, 9.17) is 0 Å². The molecule has 0 aliphatic carbocycles. The van der Waals surface area contributed by atoms with E-state index in [1.165, 1.54) is 16.8 Å². The molecule has 0 bridgehead atoms. The number of amides is 1. The normalized spacial score (nSPS) is 11.6. The van der Waals surface area contributed by atoms with E-state index in [9.17, 15) is 14.0 Å². The average molecular weight is 546 g/mol. The van der Waals surface area contributed by atoms with Crippen molar-refractivity contribution in [3.8, 4) is 0 Å². The molecule has 5 rings (SSSR count). The number of hydrogen-bond acceptors (Lipinski definition) is 4. The van der Waals surface area contributed by atoms with E-state index < -0.39 is 5.82 Å². The molecule has 180 valence electrons. The summed E-state index contributed by atoms with van der Waals surface area (Å²) in [4.78, 5) is 30.4. The zero-order valence-corrected chi connectivity index (χ0v) is 21.1. The number of anilines is 1. The first-order valence-electron chi connectivity index (χ1n) is 11.2. The number of para-hydroxylation sites is 2. The van der Waals surface area contributed by atoms with Gasteiger partial charge in [0.1, 0.15) is 18.2 Å². The van der Waals surface area contributed by atoms with Crippen LogP contribution in [0.5, 0.6) is 0 Å². The van der Waals surface area contributed by atoms with Crippen LogP contribution in [0.2, 0.25) is 0 Å². The van der Waals surface area contributed by atoms with Crippen LogP contribution >= 0.6 is 15.9 Å². The Kier molecular flexibility index (Phi) is 6.24. The van der Waals surface area contributed by atoms with Crippen LogP contribution in [-0.4, -0.2) is 26.3 Å². The minimum atomic E-state index is -0.496. The summed E-state index contributed by atoms with van der Waals surface area (Å²) in [6.07, 6.45) is 1.61. The second-order valence-electron chi connectivity index (χ2n) is 8.31. The summed E-state index contributed by atoms with van der Waals surface area (Å²) in [5, 5.41) is 8.43. The molecule has 0 saturated heterocycles. The van der Waals surface area contributed by atoms with Crippen LogP contribution in [0.25, 0.3) is 21.8 Å². The molecule has 0 fully saturated rings. The van der Waals surface area contributed by atoms with E-state index in [2.05, 4.69) is 31.3 Å². The van der Waals surface area contributed by atoms with Crippen LogP contribution in [0.15, 0.2) is 81.1 Å². The molecule has 2 heterocycles. The second kappa shape index (κ2) is 9.50. The molecule has 0 aliphatic heterocycles. The quantitative estimate of drug-likeness (QED) is 0.300.